The molecule has 27 heavy (non-hydrogen) atoms. The molecule has 9 heteroatoms. The summed E-state index contributed by atoms with van der Waals surface area (Å²) in [5.74, 6) is -1.59. The first-order valence-corrected chi connectivity index (χ1v) is 8.52. The van der Waals surface area contributed by atoms with Crippen LogP contribution in [-0.2, 0) is 9.53 Å². The molecule has 3 rings (SSSR count). The van der Waals surface area contributed by atoms with Crippen LogP contribution in [0.15, 0.2) is 12.1 Å². The smallest absolute Gasteiger partial charge is 0.410 e. The lowest BCUT2D eigenvalue weighted by Crippen LogP contribution is -2.61. The van der Waals surface area contributed by atoms with Gasteiger partial charge in [0.25, 0.3) is 0 Å². The Kier molecular flexibility index (Phi) is 4.54. The molecule has 2 amide bonds. The van der Waals surface area contributed by atoms with Crippen molar-refractivity contribution in [1.82, 2.24) is 4.90 Å². The van der Waals surface area contributed by atoms with Crippen LogP contribution in [0.2, 0.25) is 0 Å². The molecule has 1 unspecified atom stereocenters. The molecule has 2 heterocycles. The summed E-state index contributed by atoms with van der Waals surface area (Å²) in [7, 11) is 0. The number of rotatable bonds is 2. The fourth-order valence-corrected chi connectivity index (χ4v) is 3.23. The summed E-state index contributed by atoms with van der Waals surface area (Å²) < 4.78 is 5.37. The standard InChI is InChI=1S/C18H21N3O6/c1-18(2,3)27-17(26)20-4-5-21-13-6-10(9-22)11(16(24)25)7-12(13)19-15(23)14(21)8-20/h6-7,9,14H,4-5,8H2,1-3H3,(H,19,23)(H,24,25). The van der Waals surface area contributed by atoms with E-state index in [-0.39, 0.29) is 23.6 Å². The molecule has 1 fully saturated rings. The van der Waals surface area contributed by atoms with Crippen LogP contribution in [0.4, 0.5) is 16.2 Å². The number of carbonyl (C=O) groups excluding carboxylic acids is 3. The van der Waals surface area contributed by atoms with Crippen LogP contribution >= 0.6 is 0 Å². The number of nitrogens with zero attached hydrogens (tertiary/aromatic N) is 2. The van der Waals surface area contributed by atoms with E-state index in [9.17, 15) is 24.3 Å². The molecule has 0 bridgehead atoms. The number of fused-ring (bicyclic) bond motifs is 3. The van der Waals surface area contributed by atoms with Crippen molar-refractivity contribution in [1.29, 1.82) is 0 Å². The van der Waals surface area contributed by atoms with Crippen molar-refractivity contribution in [2.45, 2.75) is 32.4 Å². The van der Waals surface area contributed by atoms with Crippen molar-refractivity contribution in [3.05, 3.63) is 23.3 Å². The quantitative estimate of drug-likeness (QED) is 0.754. The molecule has 0 aliphatic carbocycles. The molecule has 0 saturated carbocycles. The van der Waals surface area contributed by atoms with E-state index in [0.717, 1.165) is 0 Å². The maximum atomic E-state index is 12.5. The minimum absolute atomic E-state index is 0.0331. The first kappa shape index (κ1) is 18.7. The van der Waals surface area contributed by atoms with Gasteiger partial charge in [0.05, 0.1) is 23.5 Å². The lowest BCUT2D eigenvalue weighted by Gasteiger charge is -2.45. The summed E-state index contributed by atoms with van der Waals surface area (Å²) in [6, 6.07) is 2.10. The lowest BCUT2D eigenvalue weighted by atomic mass is 10.00. The molecule has 0 radical (unpaired) electrons. The highest BCUT2D eigenvalue weighted by Crippen LogP contribution is 2.36. The number of benzene rings is 1. The molecule has 1 atom stereocenters. The molecule has 1 saturated heterocycles. The van der Waals surface area contributed by atoms with E-state index in [2.05, 4.69) is 5.32 Å². The van der Waals surface area contributed by atoms with Gasteiger partial charge in [0, 0.05) is 18.7 Å². The van der Waals surface area contributed by atoms with E-state index in [4.69, 9.17) is 4.74 Å². The molecule has 2 N–H and O–H groups in total. The van der Waals surface area contributed by atoms with Crippen LogP contribution in [0.5, 0.6) is 0 Å². The second kappa shape index (κ2) is 6.57. The molecule has 1 aromatic carbocycles. The van der Waals surface area contributed by atoms with Crippen molar-refractivity contribution in [2.24, 2.45) is 0 Å². The number of aldehydes is 1. The maximum Gasteiger partial charge on any atom is 0.410 e. The molecule has 1 aromatic rings. The second-order valence-corrected chi connectivity index (χ2v) is 7.50. The lowest BCUT2D eigenvalue weighted by molar-refractivity contribution is -0.118. The zero-order chi connectivity index (χ0) is 19.9. The monoisotopic (exact) mass is 375 g/mol. The third-order valence-electron chi connectivity index (χ3n) is 4.43. The highest BCUT2D eigenvalue weighted by Gasteiger charge is 2.40. The summed E-state index contributed by atoms with van der Waals surface area (Å²) in [6.07, 6.45) is -0.0119. The minimum atomic E-state index is -1.24. The first-order valence-electron chi connectivity index (χ1n) is 8.52. The third kappa shape index (κ3) is 3.57. The van der Waals surface area contributed by atoms with Gasteiger partial charge in [-0.05, 0) is 32.9 Å². The topological polar surface area (TPSA) is 116 Å². The Bertz CT molecular complexity index is 829. The highest BCUT2D eigenvalue weighted by atomic mass is 16.6. The second-order valence-electron chi connectivity index (χ2n) is 7.50. The summed E-state index contributed by atoms with van der Waals surface area (Å²) in [5.41, 5.74) is 0.128. The normalized spacial score (nSPS) is 18.9. The molecule has 2 aliphatic heterocycles. The van der Waals surface area contributed by atoms with Crippen molar-refractivity contribution in [3.8, 4) is 0 Å². The minimum Gasteiger partial charge on any atom is -0.478 e. The highest BCUT2D eigenvalue weighted by molar-refractivity contribution is 6.08. The fourth-order valence-electron chi connectivity index (χ4n) is 3.23. The summed E-state index contributed by atoms with van der Waals surface area (Å²) in [4.78, 5) is 50.7. The van der Waals surface area contributed by atoms with Gasteiger partial charge < -0.3 is 25.0 Å². The number of carboxylic acids is 1. The van der Waals surface area contributed by atoms with Crippen LogP contribution in [-0.4, -0.2) is 65.5 Å². The Hall–Kier alpha value is -3.10. The number of hydrogen-bond donors (Lipinski definition) is 2. The van der Waals surface area contributed by atoms with Gasteiger partial charge in [-0.15, -0.1) is 0 Å². The van der Waals surface area contributed by atoms with Crippen LogP contribution in [0.25, 0.3) is 0 Å². The van der Waals surface area contributed by atoms with Gasteiger partial charge in [-0.3, -0.25) is 9.59 Å². The molecular formula is C18H21N3O6. The summed E-state index contributed by atoms with van der Waals surface area (Å²) >= 11 is 0. The van der Waals surface area contributed by atoms with E-state index in [1.165, 1.54) is 17.0 Å². The van der Waals surface area contributed by atoms with Gasteiger partial charge in [-0.25, -0.2) is 9.59 Å². The molecule has 0 aromatic heterocycles. The van der Waals surface area contributed by atoms with Gasteiger partial charge in [0.15, 0.2) is 6.29 Å². The molecule has 2 aliphatic rings. The zero-order valence-electron chi connectivity index (χ0n) is 15.3. The number of carboxylic acid groups (broad SMARTS) is 1. The fraction of sp³-hybridized carbons (Fsp3) is 0.444. The van der Waals surface area contributed by atoms with Gasteiger partial charge in [-0.1, -0.05) is 0 Å². The van der Waals surface area contributed by atoms with Crippen LogP contribution in [0.1, 0.15) is 41.5 Å². The first-order chi connectivity index (χ1) is 12.6. The van der Waals surface area contributed by atoms with Crippen LogP contribution in [0, 0.1) is 0 Å². The molecular weight excluding hydrogens is 354 g/mol. The summed E-state index contributed by atoms with van der Waals surface area (Å²) in [5, 5.41) is 11.9. The molecule has 0 spiro atoms. The number of hydrogen-bond acceptors (Lipinski definition) is 6. The van der Waals surface area contributed by atoms with Crippen LogP contribution in [0.3, 0.4) is 0 Å². The maximum absolute atomic E-state index is 12.5. The number of nitrogens with one attached hydrogen (secondary N) is 1. The predicted octanol–water partition coefficient (Wildman–Crippen LogP) is 1.58. The van der Waals surface area contributed by atoms with Gasteiger partial charge in [0.1, 0.15) is 11.6 Å². The average Bonchev–Trinajstić information content (AvgIpc) is 2.59. The van der Waals surface area contributed by atoms with Crippen molar-refractivity contribution < 1.29 is 29.0 Å². The SMILES string of the molecule is CC(C)(C)OC(=O)N1CCN2c3cc(C=O)c(C(=O)O)cc3NC(=O)C2C1. The number of aromatic carboxylic acids is 1. The Morgan fingerprint density at radius 2 is 2.00 bits per heavy atom. The van der Waals surface area contributed by atoms with E-state index in [1.807, 2.05) is 0 Å². The number of carbonyl (C=O) groups is 4. The Balaban J connectivity index is 1.89. The van der Waals surface area contributed by atoms with Crippen molar-refractivity contribution in [3.63, 3.8) is 0 Å². The number of anilines is 2. The Morgan fingerprint density at radius 1 is 1.30 bits per heavy atom. The Labute approximate surface area is 155 Å². The zero-order valence-corrected chi connectivity index (χ0v) is 15.3. The van der Waals surface area contributed by atoms with Gasteiger partial charge in [-0.2, -0.15) is 0 Å². The van der Waals surface area contributed by atoms with Gasteiger partial charge >= 0.3 is 12.1 Å². The van der Waals surface area contributed by atoms with E-state index >= 15 is 0 Å². The van der Waals surface area contributed by atoms with E-state index in [1.54, 1.807) is 25.7 Å². The molecule has 9 nitrogen and oxygen atoms in total. The van der Waals surface area contributed by atoms with Gasteiger partial charge in [0.2, 0.25) is 5.91 Å². The average molecular weight is 375 g/mol. The van der Waals surface area contributed by atoms with Crippen molar-refractivity contribution in [2.75, 3.05) is 29.9 Å². The Morgan fingerprint density at radius 3 is 2.59 bits per heavy atom. The van der Waals surface area contributed by atoms with E-state index < -0.39 is 23.7 Å². The largest absolute Gasteiger partial charge is 0.478 e. The van der Waals surface area contributed by atoms with Crippen LogP contribution < -0.4 is 10.2 Å². The van der Waals surface area contributed by atoms with Crippen molar-refractivity contribution >= 4 is 35.6 Å². The number of amides is 2. The van der Waals surface area contributed by atoms with E-state index in [0.29, 0.717) is 30.8 Å². The molecule has 144 valence electrons. The number of ether oxygens (including phenoxy) is 1. The summed E-state index contributed by atoms with van der Waals surface area (Å²) in [6.45, 7) is 6.14. The predicted molar refractivity (Wildman–Crippen MR) is 96.4 cm³/mol. The number of piperazine rings is 1. The third-order valence-corrected chi connectivity index (χ3v) is 4.43.